The van der Waals surface area contributed by atoms with Gasteiger partial charge in [0.2, 0.25) is 0 Å². The zero-order chi connectivity index (χ0) is 12.8. The molecule has 17 heavy (non-hydrogen) atoms. The van der Waals surface area contributed by atoms with Gasteiger partial charge in [-0.3, -0.25) is 14.9 Å². The van der Waals surface area contributed by atoms with E-state index >= 15 is 0 Å². The molecule has 1 aromatic rings. The fourth-order valence-electron chi connectivity index (χ4n) is 1.58. The van der Waals surface area contributed by atoms with Crippen LogP contribution in [0.1, 0.15) is 13.8 Å². The Morgan fingerprint density at radius 2 is 2.29 bits per heavy atom. The quantitative estimate of drug-likeness (QED) is 0.593. The lowest BCUT2D eigenvalue weighted by atomic mass is 10.2. The third-order valence-corrected chi connectivity index (χ3v) is 2.42. The molecule has 1 heterocycles. The number of rotatable bonds is 6. The van der Waals surface area contributed by atoms with Gasteiger partial charge in [0.15, 0.2) is 0 Å². The molecular formula is C11H17N3O3. The normalized spacial score (nSPS) is 12.4. The highest BCUT2D eigenvalue weighted by Crippen LogP contribution is 2.05. The molecule has 6 nitrogen and oxygen atoms in total. The number of nitrogens with one attached hydrogen (secondary N) is 1. The minimum atomic E-state index is -0.645. The van der Waals surface area contributed by atoms with Gasteiger partial charge < -0.3 is 9.88 Å². The maximum Gasteiger partial charge on any atom is 0.332 e. The Hall–Kier alpha value is -1.69. The highest BCUT2D eigenvalue weighted by Gasteiger charge is 2.12. The van der Waals surface area contributed by atoms with Gasteiger partial charge in [0.25, 0.3) is 5.43 Å². The predicted molar refractivity (Wildman–Crippen MR) is 65.1 cm³/mol. The molecule has 0 aliphatic rings. The Morgan fingerprint density at radius 1 is 1.59 bits per heavy atom. The van der Waals surface area contributed by atoms with Gasteiger partial charge in [-0.1, -0.05) is 13.8 Å². The van der Waals surface area contributed by atoms with Crippen molar-refractivity contribution >= 4 is 5.69 Å². The van der Waals surface area contributed by atoms with Gasteiger partial charge in [-0.25, -0.2) is 0 Å². The Kier molecular flexibility index (Phi) is 4.84. The van der Waals surface area contributed by atoms with E-state index in [9.17, 15) is 14.9 Å². The highest BCUT2D eigenvalue weighted by atomic mass is 16.6. The number of nitrogens with zero attached hydrogens (tertiary/aromatic N) is 2. The van der Waals surface area contributed by atoms with Crippen LogP contribution in [0.3, 0.4) is 0 Å². The number of pyridine rings is 1. The summed E-state index contributed by atoms with van der Waals surface area (Å²) in [4.78, 5) is 21.2. The largest absolute Gasteiger partial charge is 0.348 e. The van der Waals surface area contributed by atoms with Crippen LogP contribution in [-0.4, -0.2) is 22.6 Å². The minimum absolute atomic E-state index is 0.344. The fourth-order valence-corrected chi connectivity index (χ4v) is 1.58. The smallest absolute Gasteiger partial charge is 0.332 e. The molecule has 0 radical (unpaired) electrons. The molecule has 1 rings (SSSR count). The number of hydrogen-bond donors (Lipinski definition) is 1. The third-order valence-electron chi connectivity index (χ3n) is 2.42. The monoisotopic (exact) mass is 239 g/mol. The van der Waals surface area contributed by atoms with Crippen molar-refractivity contribution in [3.05, 3.63) is 38.8 Å². The summed E-state index contributed by atoms with van der Waals surface area (Å²) in [5.41, 5.74) is -0.922. The average molecular weight is 239 g/mol. The van der Waals surface area contributed by atoms with Crippen LogP contribution >= 0.6 is 0 Å². The maximum absolute atomic E-state index is 11.2. The van der Waals surface area contributed by atoms with E-state index in [-0.39, 0.29) is 5.69 Å². The summed E-state index contributed by atoms with van der Waals surface area (Å²) >= 11 is 0. The zero-order valence-electron chi connectivity index (χ0n) is 10.0. The fraction of sp³-hybridized carbons (Fsp3) is 0.545. The van der Waals surface area contributed by atoms with Crippen LogP contribution in [0.25, 0.3) is 0 Å². The lowest BCUT2D eigenvalue weighted by Crippen LogP contribution is -2.24. The summed E-state index contributed by atoms with van der Waals surface area (Å²) in [7, 11) is 0. The molecule has 94 valence electrons. The molecule has 6 heteroatoms. The van der Waals surface area contributed by atoms with E-state index in [1.807, 2.05) is 13.8 Å². The molecule has 0 bridgehead atoms. The molecule has 1 unspecified atom stereocenters. The van der Waals surface area contributed by atoms with Crippen molar-refractivity contribution in [1.82, 2.24) is 9.88 Å². The van der Waals surface area contributed by atoms with E-state index in [4.69, 9.17) is 0 Å². The molecule has 0 saturated heterocycles. The second kappa shape index (κ2) is 6.15. The molecule has 0 fully saturated rings. The van der Waals surface area contributed by atoms with Crippen LogP contribution in [0, 0.1) is 16.0 Å². The van der Waals surface area contributed by atoms with Gasteiger partial charge in [-0.15, -0.1) is 0 Å². The predicted octanol–water partition coefficient (Wildman–Crippen LogP) is 1.00. The topological polar surface area (TPSA) is 77.2 Å². The van der Waals surface area contributed by atoms with Crippen molar-refractivity contribution in [2.45, 2.75) is 20.4 Å². The molecule has 1 aromatic heterocycles. The maximum atomic E-state index is 11.2. The highest BCUT2D eigenvalue weighted by molar-refractivity contribution is 5.25. The van der Waals surface area contributed by atoms with E-state index in [2.05, 4.69) is 5.32 Å². The van der Waals surface area contributed by atoms with E-state index in [1.165, 1.54) is 12.3 Å². The summed E-state index contributed by atoms with van der Waals surface area (Å²) in [5.74, 6) is 0.344. The molecule has 0 saturated carbocycles. The number of hydrogen-bond acceptors (Lipinski definition) is 4. The average Bonchev–Trinajstić information content (AvgIpc) is 2.28. The van der Waals surface area contributed by atoms with Gasteiger partial charge in [-0.05, 0) is 19.0 Å². The van der Waals surface area contributed by atoms with E-state index in [0.717, 1.165) is 13.1 Å². The van der Waals surface area contributed by atoms with Crippen molar-refractivity contribution < 1.29 is 4.92 Å². The van der Waals surface area contributed by atoms with Gasteiger partial charge in [-0.2, -0.15) is 0 Å². The van der Waals surface area contributed by atoms with Crippen molar-refractivity contribution in [3.63, 3.8) is 0 Å². The SMILES string of the molecule is CCNCC(C)Cn1ccc(=O)c([N+](=O)[O-])c1. The molecule has 1 atom stereocenters. The van der Waals surface area contributed by atoms with E-state index < -0.39 is 10.4 Å². The first-order valence-corrected chi connectivity index (χ1v) is 5.59. The molecule has 0 aliphatic carbocycles. The Bertz CT molecular complexity index is 442. The van der Waals surface area contributed by atoms with Crippen molar-refractivity contribution in [1.29, 1.82) is 0 Å². The molecular weight excluding hydrogens is 222 g/mol. The van der Waals surface area contributed by atoms with Crippen LogP contribution in [0.2, 0.25) is 0 Å². The second-order valence-corrected chi connectivity index (χ2v) is 4.06. The first-order chi connectivity index (χ1) is 8.04. The summed E-state index contributed by atoms with van der Waals surface area (Å²) < 4.78 is 1.68. The number of aromatic nitrogens is 1. The number of nitro groups is 1. The molecule has 0 aliphatic heterocycles. The summed E-state index contributed by atoms with van der Waals surface area (Å²) in [6, 6.07) is 1.23. The van der Waals surface area contributed by atoms with Gasteiger partial charge in [0.1, 0.15) is 0 Å². The Labute approximate surface area is 99.4 Å². The molecule has 1 N–H and O–H groups in total. The Balaban J connectivity index is 2.75. The van der Waals surface area contributed by atoms with Crippen LogP contribution < -0.4 is 10.7 Å². The van der Waals surface area contributed by atoms with Crippen LogP contribution in [0.4, 0.5) is 5.69 Å². The van der Waals surface area contributed by atoms with Gasteiger partial charge in [0, 0.05) is 18.8 Å². The van der Waals surface area contributed by atoms with Crippen LogP contribution in [-0.2, 0) is 6.54 Å². The van der Waals surface area contributed by atoms with E-state index in [0.29, 0.717) is 12.5 Å². The van der Waals surface area contributed by atoms with E-state index in [1.54, 1.807) is 10.8 Å². The van der Waals surface area contributed by atoms with Gasteiger partial charge in [0.05, 0.1) is 11.1 Å². The third kappa shape index (κ3) is 3.99. The summed E-state index contributed by atoms with van der Waals surface area (Å²) in [5, 5.41) is 13.8. The first kappa shape index (κ1) is 13.4. The lowest BCUT2D eigenvalue weighted by molar-refractivity contribution is -0.386. The molecule has 0 spiro atoms. The molecule has 0 aromatic carbocycles. The van der Waals surface area contributed by atoms with Crippen molar-refractivity contribution in [3.8, 4) is 0 Å². The second-order valence-electron chi connectivity index (χ2n) is 4.06. The zero-order valence-corrected chi connectivity index (χ0v) is 10.0. The Morgan fingerprint density at radius 3 is 2.88 bits per heavy atom. The first-order valence-electron chi connectivity index (χ1n) is 5.59. The standard InChI is InChI=1S/C11H17N3O3/c1-3-12-6-9(2)7-13-5-4-11(15)10(8-13)14(16)17/h4-5,8-9,12H,3,6-7H2,1-2H3. The van der Waals surface area contributed by atoms with Gasteiger partial charge >= 0.3 is 5.69 Å². The minimum Gasteiger partial charge on any atom is -0.348 e. The molecule has 0 amide bonds. The summed E-state index contributed by atoms with van der Waals surface area (Å²) in [6.45, 7) is 6.46. The van der Waals surface area contributed by atoms with Crippen molar-refractivity contribution in [2.75, 3.05) is 13.1 Å². The summed E-state index contributed by atoms with van der Waals surface area (Å²) in [6.07, 6.45) is 2.88. The lowest BCUT2D eigenvalue weighted by Gasteiger charge is -2.13. The van der Waals surface area contributed by atoms with Crippen LogP contribution in [0.5, 0.6) is 0 Å². The van der Waals surface area contributed by atoms with Crippen molar-refractivity contribution in [2.24, 2.45) is 5.92 Å². The van der Waals surface area contributed by atoms with Crippen LogP contribution in [0.15, 0.2) is 23.3 Å².